The normalized spacial score (nSPS) is 10.5. The maximum absolute atomic E-state index is 11.0. The molecule has 1 heterocycles. The van der Waals surface area contributed by atoms with Gasteiger partial charge in [0.1, 0.15) is 16.5 Å². The fraction of sp³-hybridized carbons (Fsp3) is 0.455. The molecule has 1 aromatic heterocycles. The number of anilines is 1. The summed E-state index contributed by atoms with van der Waals surface area (Å²) in [4.78, 5) is 15.0. The van der Waals surface area contributed by atoms with Gasteiger partial charge in [0.15, 0.2) is 0 Å². The van der Waals surface area contributed by atoms with Gasteiger partial charge < -0.3 is 10.4 Å². The highest BCUT2D eigenvalue weighted by molar-refractivity contribution is 6.29. The number of halogens is 1. The highest BCUT2D eigenvalue weighted by Gasteiger charge is 2.14. The summed E-state index contributed by atoms with van der Waals surface area (Å²) in [5.74, 6) is -0.661. The Labute approximate surface area is 99.6 Å². The maximum Gasteiger partial charge on any atom is 0.339 e. The molecule has 5 heteroatoms. The molecule has 0 bridgehead atoms. The molecule has 0 saturated carbocycles. The zero-order valence-electron chi connectivity index (χ0n) is 9.33. The van der Waals surface area contributed by atoms with Crippen LogP contribution in [0.25, 0.3) is 0 Å². The second-order valence-electron chi connectivity index (χ2n) is 3.49. The predicted molar refractivity (Wildman–Crippen MR) is 64.2 cm³/mol. The molecule has 0 aliphatic rings. The van der Waals surface area contributed by atoms with Gasteiger partial charge in [-0.2, -0.15) is 0 Å². The zero-order chi connectivity index (χ0) is 12.1. The van der Waals surface area contributed by atoms with Crippen molar-refractivity contribution in [3.8, 4) is 0 Å². The topological polar surface area (TPSA) is 62.2 Å². The molecule has 0 fully saturated rings. The molecule has 4 nitrogen and oxygen atoms in total. The lowest BCUT2D eigenvalue weighted by Gasteiger charge is -2.16. The lowest BCUT2D eigenvalue weighted by Crippen LogP contribution is -2.20. The van der Waals surface area contributed by atoms with Crippen LogP contribution in [-0.4, -0.2) is 22.1 Å². The van der Waals surface area contributed by atoms with Crippen LogP contribution >= 0.6 is 11.6 Å². The number of carboxylic acids is 1. The summed E-state index contributed by atoms with van der Waals surface area (Å²) in [6, 6.07) is 3.15. The van der Waals surface area contributed by atoms with Crippen molar-refractivity contribution < 1.29 is 9.90 Å². The minimum atomic E-state index is -1.00. The number of carboxylic acid groups (broad SMARTS) is 1. The van der Waals surface area contributed by atoms with Gasteiger partial charge in [0.25, 0.3) is 0 Å². The number of aromatic nitrogens is 1. The number of nitrogens with zero attached hydrogens (tertiary/aromatic N) is 1. The summed E-state index contributed by atoms with van der Waals surface area (Å²) >= 11 is 5.75. The Bertz CT molecular complexity index is 378. The fourth-order valence-electron chi connectivity index (χ4n) is 1.40. The van der Waals surface area contributed by atoms with Crippen LogP contribution in [-0.2, 0) is 0 Å². The molecule has 0 aliphatic carbocycles. The number of carbonyl (C=O) groups is 1. The Balaban J connectivity index is 3.00. The summed E-state index contributed by atoms with van der Waals surface area (Å²) in [5, 5.41) is 12.4. The molecule has 0 unspecified atom stereocenters. The lowest BCUT2D eigenvalue weighted by atomic mass is 10.1. The number of hydrogen-bond acceptors (Lipinski definition) is 3. The Hall–Kier alpha value is -1.29. The summed E-state index contributed by atoms with van der Waals surface area (Å²) in [6.07, 6.45) is 1.81. The molecule has 16 heavy (non-hydrogen) atoms. The van der Waals surface area contributed by atoms with E-state index in [0.717, 1.165) is 12.8 Å². The van der Waals surface area contributed by atoms with E-state index < -0.39 is 5.97 Å². The van der Waals surface area contributed by atoms with Gasteiger partial charge in [0.05, 0.1) is 0 Å². The predicted octanol–water partition coefficient (Wildman–Crippen LogP) is 3.03. The molecule has 88 valence electrons. The van der Waals surface area contributed by atoms with Crippen LogP contribution in [0.5, 0.6) is 0 Å². The number of hydrogen-bond donors (Lipinski definition) is 2. The third kappa shape index (κ3) is 3.10. The van der Waals surface area contributed by atoms with Crippen molar-refractivity contribution in [2.24, 2.45) is 0 Å². The highest BCUT2D eigenvalue weighted by atomic mass is 35.5. The number of nitrogens with one attached hydrogen (secondary N) is 1. The molecule has 0 amide bonds. The van der Waals surface area contributed by atoms with Gasteiger partial charge in [-0.3, -0.25) is 0 Å². The first-order valence-electron chi connectivity index (χ1n) is 5.24. The molecule has 0 spiro atoms. The van der Waals surface area contributed by atoms with E-state index in [1.165, 1.54) is 12.1 Å². The molecular formula is C11H15ClN2O2. The first-order valence-corrected chi connectivity index (χ1v) is 5.62. The largest absolute Gasteiger partial charge is 0.478 e. The Morgan fingerprint density at radius 1 is 1.50 bits per heavy atom. The van der Waals surface area contributed by atoms with Crippen LogP contribution in [0.4, 0.5) is 5.82 Å². The molecule has 0 saturated heterocycles. The molecule has 1 rings (SSSR count). The van der Waals surface area contributed by atoms with Crippen molar-refractivity contribution in [3.05, 3.63) is 22.8 Å². The third-order valence-electron chi connectivity index (χ3n) is 2.42. The summed E-state index contributed by atoms with van der Waals surface area (Å²) in [6.45, 7) is 4.07. The van der Waals surface area contributed by atoms with Crippen LogP contribution in [0.15, 0.2) is 12.1 Å². The van der Waals surface area contributed by atoms with E-state index >= 15 is 0 Å². The highest BCUT2D eigenvalue weighted by Crippen LogP contribution is 2.18. The standard InChI is InChI=1S/C11H15ClN2O2/c1-3-7(4-2)13-10-8(11(15)16)5-6-9(12)14-10/h5-7H,3-4H2,1-2H3,(H,13,14)(H,15,16). The number of aromatic carboxylic acids is 1. The lowest BCUT2D eigenvalue weighted by molar-refractivity contribution is 0.0697. The van der Waals surface area contributed by atoms with Gasteiger partial charge in [0.2, 0.25) is 0 Å². The molecule has 0 atom stereocenters. The Kier molecular flexibility index (Phi) is 4.55. The van der Waals surface area contributed by atoms with E-state index in [-0.39, 0.29) is 11.6 Å². The maximum atomic E-state index is 11.0. The minimum absolute atomic E-state index is 0.149. The second-order valence-corrected chi connectivity index (χ2v) is 3.88. The van der Waals surface area contributed by atoms with E-state index in [1.807, 2.05) is 13.8 Å². The van der Waals surface area contributed by atoms with E-state index in [0.29, 0.717) is 11.0 Å². The Morgan fingerprint density at radius 3 is 2.62 bits per heavy atom. The molecule has 0 aliphatic heterocycles. The quantitative estimate of drug-likeness (QED) is 0.779. The summed E-state index contributed by atoms with van der Waals surface area (Å²) < 4.78 is 0. The van der Waals surface area contributed by atoms with Gasteiger partial charge in [0, 0.05) is 6.04 Å². The second kappa shape index (κ2) is 5.70. The van der Waals surface area contributed by atoms with Crippen molar-refractivity contribution in [1.29, 1.82) is 0 Å². The third-order valence-corrected chi connectivity index (χ3v) is 2.63. The number of pyridine rings is 1. The minimum Gasteiger partial charge on any atom is -0.478 e. The summed E-state index contributed by atoms with van der Waals surface area (Å²) in [5.41, 5.74) is 0.149. The monoisotopic (exact) mass is 242 g/mol. The van der Waals surface area contributed by atoms with E-state index in [1.54, 1.807) is 0 Å². The van der Waals surface area contributed by atoms with Crippen molar-refractivity contribution in [2.45, 2.75) is 32.7 Å². The van der Waals surface area contributed by atoms with Crippen molar-refractivity contribution in [2.75, 3.05) is 5.32 Å². The van der Waals surface area contributed by atoms with E-state index in [4.69, 9.17) is 16.7 Å². The fourth-order valence-corrected chi connectivity index (χ4v) is 1.55. The van der Waals surface area contributed by atoms with Crippen LogP contribution in [0.3, 0.4) is 0 Å². The van der Waals surface area contributed by atoms with Gasteiger partial charge in [-0.25, -0.2) is 9.78 Å². The van der Waals surface area contributed by atoms with Crippen molar-refractivity contribution in [1.82, 2.24) is 4.98 Å². The van der Waals surface area contributed by atoms with Gasteiger partial charge in [-0.15, -0.1) is 0 Å². The van der Waals surface area contributed by atoms with Crippen LogP contribution < -0.4 is 5.32 Å². The summed E-state index contributed by atoms with van der Waals surface area (Å²) in [7, 11) is 0. The van der Waals surface area contributed by atoms with Gasteiger partial charge in [-0.05, 0) is 25.0 Å². The van der Waals surface area contributed by atoms with Crippen molar-refractivity contribution in [3.63, 3.8) is 0 Å². The number of rotatable bonds is 5. The zero-order valence-corrected chi connectivity index (χ0v) is 10.1. The smallest absolute Gasteiger partial charge is 0.339 e. The van der Waals surface area contributed by atoms with Crippen LogP contribution in [0.1, 0.15) is 37.0 Å². The first-order chi connectivity index (χ1) is 7.58. The Morgan fingerprint density at radius 2 is 2.12 bits per heavy atom. The molecule has 2 N–H and O–H groups in total. The van der Waals surface area contributed by atoms with Crippen LogP contribution in [0, 0.1) is 0 Å². The van der Waals surface area contributed by atoms with E-state index in [9.17, 15) is 4.79 Å². The SMILES string of the molecule is CCC(CC)Nc1nc(Cl)ccc1C(=O)O. The first kappa shape index (κ1) is 12.8. The average molecular weight is 243 g/mol. The molecular weight excluding hydrogens is 228 g/mol. The van der Waals surface area contributed by atoms with Crippen LogP contribution in [0.2, 0.25) is 5.15 Å². The molecule has 0 aromatic carbocycles. The van der Waals surface area contributed by atoms with Gasteiger partial charge in [-0.1, -0.05) is 25.4 Å². The molecule has 1 aromatic rings. The van der Waals surface area contributed by atoms with E-state index in [2.05, 4.69) is 10.3 Å². The van der Waals surface area contributed by atoms with Gasteiger partial charge >= 0.3 is 5.97 Å². The molecule has 0 radical (unpaired) electrons. The van der Waals surface area contributed by atoms with Crippen molar-refractivity contribution >= 4 is 23.4 Å². The average Bonchev–Trinajstić information content (AvgIpc) is 2.25.